The molecular weight excluding hydrogens is 304 g/mol. The number of hydrogen-bond acceptors (Lipinski definition) is 4. The predicted molar refractivity (Wildman–Crippen MR) is 87.0 cm³/mol. The van der Waals surface area contributed by atoms with Gasteiger partial charge >= 0.3 is 5.97 Å². The second kappa shape index (κ2) is 9.09. The molecule has 6 nitrogen and oxygen atoms in total. The summed E-state index contributed by atoms with van der Waals surface area (Å²) >= 11 is 1.20. The van der Waals surface area contributed by atoms with Crippen LogP contribution in [-0.4, -0.2) is 40.4 Å². The number of thioether (sulfide) groups is 1. The van der Waals surface area contributed by atoms with Crippen molar-refractivity contribution in [2.75, 3.05) is 17.6 Å². The van der Waals surface area contributed by atoms with Crippen molar-refractivity contribution in [1.29, 1.82) is 0 Å². The van der Waals surface area contributed by atoms with E-state index in [9.17, 15) is 14.4 Å². The van der Waals surface area contributed by atoms with E-state index in [1.165, 1.54) is 11.8 Å². The average Bonchev–Trinajstić information content (AvgIpc) is 2.46. The van der Waals surface area contributed by atoms with Crippen molar-refractivity contribution >= 4 is 35.2 Å². The molecule has 22 heavy (non-hydrogen) atoms. The van der Waals surface area contributed by atoms with Crippen LogP contribution in [0, 0.1) is 6.92 Å². The van der Waals surface area contributed by atoms with Gasteiger partial charge in [-0.1, -0.05) is 17.7 Å². The minimum absolute atomic E-state index is 0.0919. The molecule has 1 unspecified atom stereocenters. The quantitative estimate of drug-likeness (QED) is 0.676. The van der Waals surface area contributed by atoms with E-state index in [-0.39, 0.29) is 30.5 Å². The number of aliphatic carboxylic acids is 1. The summed E-state index contributed by atoms with van der Waals surface area (Å²) in [5, 5.41) is 13.3. The number of carbonyl (C=O) groups excluding carboxylic acids is 2. The second-order valence-electron chi connectivity index (χ2n) is 4.80. The molecule has 1 aromatic carbocycles. The molecule has 0 aliphatic heterocycles. The number of hydrogen-bond donors (Lipinski definition) is 3. The van der Waals surface area contributed by atoms with E-state index in [1.54, 1.807) is 6.92 Å². The molecule has 7 heteroatoms. The topological polar surface area (TPSA) is 95.5 Å². The van der Waals surface area contributed by atoms with Gasteiger partial charge in [0.2, 0.25) is 11.8 Å². The molecule has 0 saturated carbocycles. The molecule has 0 fully saturated rings. The standard InChI is InChI=1S/C15H20N2O4S/c1-10-3-5-12(6-4-10)17-13(18)9-22-11(2)15(21)16-8-7-14(19)20/h3-6,11H,7-9H2,1-2H3,(H,16,21)(H,17,18)(H,19,20). The Hall–Kier alpha value is -2.02. The van der Waals surface area contributed by atoms with Crippen LogP contribution in [0.1, 0.15) is 18.9 Å². The summed E-state index contributed by atoms with van der Waals surface area (Å²) in [6.07, 6.45) is -0.114. The Morgan fingerprint density at radius 3 is 2.45 bits per heavy atom. The Morgan fingerprint density at radius 1 is 1.23 bits per heavy atom. The van der Waals surface area contributed by atoms with Crippen molar-refractivity contribution in [3.05, 3.63) is 29.8 Å². The zero-order chi connectivity index (χ0) is 16.5. The van der Waals surface area contributed by atoms with Crippen molar-refractivity contribution in [2.24, 2.45) is 0 Å². The Kier molecular flexibility index (Phi) is 7.45. The lowest BCUT2D eigenvalue weighted by Gasteiger charge is -2.11. The fourth-order valence-electron chi connectivity index (χ4n) is 1.55. The molecule has 2 amide bonds. The molecule has 0 aromatic heterocycles. The van der Waals surface area contributed by atoms with Crippen LogP contribution in [0.2, 0.25) is 0 Å². The van der Waals surface area contributed by atoms with Gasteiger partial charge in [0.05, 0.1) is 17.4 Å². The molecule has 0 aliphatic rings. The van der Waals surface area contributed by atoms with Gasteiger partial charge in [0.1, 0.15) is 0 Å². The van der Waals surface area contributed by atoms with Crippen molar-refractivity contribution in [3.8, 4) is 0 Å². The van der Waals surface area contributed by atoms with E-state index in [2.05, 4.69) is 10.6 Å². The molecule has 1 aromatic rings. The van der Waals surface area contributed by atoms with Crippen molar-refractivity contribution in [2.45, 2.75) is 25.5 Å². The maximum Gasteiger partial charge on any atom is 0.305 e. The smallest absolute Gasteiger partial charge is 0.305 e. The number of anilines is 1. The normalized spacial score (nSPS) is 11.5. The fourth-order valence-corrected chi connectivity index (χ4v) is 2.25. The first-order valence-corrected chi connectivity index (χ1v) is 7.91. The van der Waals surface area contributed by atoms with Crippen LogP contribution in [0.5, 0.6) is 0 Å². The Bertz CT molecular complexity index is 531. The molecule has 0 saturated heterocycles. The van der Waals surface area contributed by atoms with Crippen molar-refractivity contribution < 1.29 is 19.5 Å². The highest BCUT2D eigenvalue weighted by molar-refractivity contribution is 8.01. The van der Waals surface area contributed by atoms with Gasteiger partial charge in [-0.2, -0.15) is 0 Å². The number of amides is 2. The molecule has 1 rings (SSSR count). The highest BCUT2D eigenvalue weighted by Gasteiger charge is 2.15. The first kappa shape index (κ1) is 18.0. The average molecular weight is 324 g/mol. The molecule has 0 spiro atoms. The summed E-state index contributed by atoms with van der Waals surface area (Å²) in [6, 6.07) is 7.45. The van der Waals surface area contributed by atoms with Gasteiger partial charge in [0, 0.05) is 12.2 Å². The highest BCUT2D eigenvalue weighted by Crippen LogP contribution is 2.13. The molecular formula is C15H20N2O4S. The first-order chi connectivity index (χ1) is 10.4. The Labute approximate surface area is 133 Å². The number of carboxylic acid groups (broad SMARTS) is 1. The number of aryl methyl sites for hydroxylation is 1. The number of nitrogens with one attached hydrogen (secondary N) is 2. The monoisotopic (exact) mass is 324 g/mol. The minimum Gasteiger partial charge on any atom is -0.481 e. The van der Waals surface area contributed by atoms with Crippen LogP contribution < -0.4 is 10.6 Å². The predicted octanol–water partition coefficient (Wildman–Crippen LogP) is 1.65. The van der Waals surface area contributed by atoms with Crippen molar-refractivity contribution in [3.63, 3.8) is 0 Å². The first-order valence-electron chi connectivity index (χ1n) is 6.86. The molecule has 1 atom stereocenters. The maximum atomic E-state index is 11.8. The van der Waals surface area contributed by atoms with Crippen LogP contribution >= 0.6 is 11.8 Å². The van der Waals surface area contributed by atoms with Gasteiger partial charge in [-0.15, -0.1) is 11.8 Å². The number of benzene rings is 1. The van der Waals surface area contributed by atoms with E-state index in [0.29, 0.717) is 0 Å². The van der Waals surface area contributed by atoms with Gasteiger partial charge in [-0.3, -0.25) is 14.4 Å². The van der Waals surface area contributed by atoms with Gasteiger partial charge in [-0.25, -0.2) is 0 Å². The largest absolute Gasteiger partial charge is 0.481 e. The fraction of sp³-hybridized carbons (Fsp3) is 0.400. The van der Waals surface area contributed by atoms with Crippen LogP contribution in [-0.2, 0) is 14.4 Å². The summed E-state index contributed by atoms with van der Waals surface area (Å²) in [5.41, 5.74) is 1.83. The number of rotatable bonds is 8. The SMILES string of the molecule is Cc1ccc(NC(=O)CSC(C)C(=O)NCCC(=O)O)cc1. The van der Waals surface area contributed by atoms with E-state index in [1.807, 2.05) is 31.2 Å². The summed E-state index contributed by atoms with van der Waals surface area (Å²) < 4.78 is 0. The van der Waals surface area contributed by atoms with Crippen LogP contribution in [0.25, 0.3) is 0 Å². The highest BCUT2D eigenvalue weighted by atomic mass is 32.2. The summed E-state index contributed by atoms with van der Waals surface area (Å²) in [4.78, 5) is 33.8. The molecule has 0 aliphatic carbocycles. The van der Waals surface area contributed by atoms with Crippen molar-refractivity contribution in [1.82, 2.24) is 5.32 Å². The Morgan fingerprint density at radius 2 is 1.86 bits per heavy atom. The summed E-state index contributed by atoms with van der Waals surface area (Å²) in [7, 11) is 0. The maximum absolute atomic E-state index is 11.8. The zero-order valence-corrected chi connectivity index (χ0v) is 13.4. The second-order valence-corrected chi connectivity index (χ2v) is 6.13. The van der Waals surface area contributed by atoms with E-state index in [0.717, 1.165) is 11.3 Å². The molecule has 0 radical (unpaired) electrons. The number of carbonyl (C=O) groups is 3. The zero-order valence-electron chi connectivity index (χ0n) is 12.6. The number of carboxylic acids is 1. The lowest BCUT2D eigenvalue weighted by molar-refractivity contribution is -0.137. The van der Waals surface area contributed by atoms with Gasteiger partial charge in [-0.05, 0) is 26.0 Å². The molecule has 0 heterocycles. The summed E-state index contributed by atoms with van der Waals surface area (Å²) in [5.74, 6) is -1.26. The molecule has 3 N–H and O–H groups in total. The Balaban J connectivity index is 2.29. The third kappa shape index (κ3) is 7.12. The lowest BCUT2D eigenvalue weighted by atomic mass is 10.2. The van der Waals surface area contributed by atoms with Crippen LogP contribution in [0.15, 0.2) is 24.3 Å². The minimum atomic E-state index is -0.960. The van der Waals surface area contributed by atoms with Crippen LogP contribution in [0.4, 0.5) is 5.69 Å². The third-order valence-electron chi connectivity index (χ3n) is 2.81. The van der Waals surface area contributed by atoms with E-state index in [4.69, 9.17) is 5.11 Å². The van der Waals surface area contributed by atoms with E-state index < -0.39 is 11.2 Å². The van der Waals surface area contributed by atoms with Gasteiger partial charge in [0.15, 0.2) is 0 Å². The molecule has 0 bridgehead atoms. The summed E-state index contributed by atoms with van der Waals surface area (Å²) in [6.45, 7) is 3.74. The third-order valence-corrected chi connectivity index (χ3v) is 3.95. The molecule has 120 valence electrons. The van der Waals surface area contributed by atoms with Gasteiger partial charge in [0.25, 0.3) is 0 Å². The lowest BCUT2D eigenvalue weighted by Crippen LogP contribution is -2.33. The van der Waals surface area contributed by atoms with E-state index >= 15 is 0 Å². The van der Waals surface area contributed by atoms with Gasteiger partial charge < -0.3 is 15.7 Å². The van der Waals surface area contributed by atoms with Crippen LogP contribution in [0.3, 0.4) is 0 Å².